The number of nitrogens with zero attached hydrogens (tertiary/aromatic N) is 2. The van der Waals surface area contributed by atoms with Gasteiger partial charge in [0.15, 0.2) is 18.1 Å². The van der Waals surface area contributed by atoms with Crippen LogP contribution in [0.4, 0.5) is 5.69 Å². The van der Waals surface area contributed by atoms with E-state index in [2.05, 4.69) is 20.8 Å². The Kier molecular flexibility index (Phi) is 7.91. The predicted molar refractivity (Wildman–Crippen MR) is 122 cm³/mol. The zero-order valence-corrected chi connectivity index (χ0v) is 17.9. The summed E-state index contributed by atoms with van der Waals surface area (Å²) >= 11 is 0. The monoisotopic (exact) mass is 432 g/mol. The van der Waals surface area contributed by atoms with Gasteiger partial charge in [-0.1, -0.05) is 18.2 Å². The van der Waals surface area contributed by atoms with Crippen molar-refractivity contribution in [2.75, 3.05) is 18.5 Å². The second-order valence-corrected chi connectivity index (χ2v) is 6.73. The first-order chi connectivity index (χ1) is 15.6. The lowest BCUT2D eigenvalue weighted by Gasteiger charge is -2.13. The van der Waals surface area contributed by atoms with E-state index < -0.39 is 0 Å². The number of aryl methyl sites for hydroxylation is 1. The lowest BCUT2D eigenvalue weighted by Crippen LogP contribution is -2.20. The Morgan fingerprint density at radius 1 is 1.06 bits per heavy atom. The largest absolute Gasteiger partial charge is 0.490 e. The highest BCUT2D eigenvalue weighted by Crippen LogP contribution is 2.28. The molecule has 0 aliphatic heterocycles. The minimum absolute atomic E-state index is 0.164. The standard InChI is InChI=1S/C24H24N4O4/c1-3-31-22-13-18(14-26-28-24(30)19-8-6-12-25-15-19)10-11-21(22)32-16-23(29)27-20-9-5-4-7-17(20)2/h4-15H,3,16H2,1-2H3,(H,27,29)(H,28,30)/b26-14+. The van der Waals surface area contributed by atoms with Gasteiger partial charge in [-0.3, -0.25) is 14.6 Å². The van der Waals surface area contributed by atoms with Crippen molar-refractivity contribution in [2.24, 2.45) is 5.10 Å². The number of hydrogen-bond donors (Lipinski definition) is 2. The SMILES string of the molecule is CCOc1cc(/C=N/NC(=O)c2cccnc2)ccc1OCC(=O)Nc1ccccc1C. The quantitative estimate of drug-likeness (QED) is 0.398. The lowest BCUT2D eigenvalue weighted by atomic mass is 10.2. The van der Waals surface area contributed by atoms with Gasteiger partial charge in [-0.2, -0.15) is 5.10 Å². The van der Waals surface area contributed by atoms with E-state index in [0.717, 1.165) is 11.3 Å². The van der Waals surface area contributed by atoms with Crippen molar-refractivity contribution in [3.05, 3.63) is 83.7 Å². The maximum Gasteiger partial charge on any atom is 0.272 e. The van der Waals surface area contributed by atoms with Crippen LogP contribution in [0.5, 0.6) is 11.5 Å². The van der Waals surface area contributed by atoms with E-state index in [4.69, 9.17) is 9.47 Å². The van der Waals surface area contributed by atoms with Gasteiger partial charge in [0.1, 0.15) is 0 Å². The molecule has 3 aromatic rings. The molecule has 8 heteroatoms. The van der Waals surface area contributed by atoms with Crippen LogP contribution >= 0.6 is 0 Å². The Bertz CT molecular complexity index is 1100. The van der Waals surface area contributed by atoms with Gasteiger partial charge >= 0.3 is 0 Å². The molecule has 2 aromatic carbocycles. The Morgan fingerprint density at radius 2 is 1.91 bits per heavy atom. The molecule has 164 valence electrons. The van der Waals surface area contributed by atoms with Crippen LogP contribution in [0.3, 0.4) is 0 Å². The molecule has 0 aliphatic carbocycles. The van der Waals surface area contributed by atoms with E-state index in [1.165, 1.54) is 12.4 Å². The molecular weight excluding hydrogens is 408 g/mol. The molecule has 1 heterocycles. The van der Waals surface area contributed by atoms with Crippen LogP contribution in [-0.2, 0) is 4.79 Å². The third kappa shape index (κ3) is 6.40. The molecule has 2 N–H and O–H groups in total. The van der Waals surface area contributed by atoms with Crippen LogP contribution in [-0.4, -0.2) is 36.2 Å². The number of hydrazone groups is 1. The second-order valence-electron chi connectivity index (χ2n) is 6.73. The number of rotatable bonds is 9. The van der Waals surface area contributed by atoms with Crippen molar-refractivity contribution in [2.45, 2.75) is 13.8 Å². The van der Waals surface area contributed by atoms with Crippen molar-refractivity contribution < 1.29 is 19.1 Å². The molecule has 0 fully saturated rings. The van der Waals surface area contributed by atoms with Gasteiger partial charge in [0.05, 0.1) is 18.4 Å². The van der Waals surface area contributed by atoms with Crippen LogP contribution in [0.2, 0.25) is 0 Å². The van der Waals surface area contributed by atoms with Gasteiger partial charge in [0, 0.05) is 18.1 Å². The molecule has 1 aromatic heterocycles. The zero-order chi connectivity index (χ0) is 22.8. The molecular formula is C24H24N4O4. The minimum Gasteiger partial charge on any atom is -0.490 e. The molecule has 0 radical (unpaired) electrons. The molecule has 0 saturated carbocycles. The third-order valence-corrected chi connectivity index (χ3v) is 4.35. The summed E-state index contributed by atoms with van der Waals surface area (Å²) < 4.78 is 11.3. The van der Waals surface area contributed by atoms with Crippen LogP contribution < -0.4 is 20.2 Å². The highest BCUT2D eigenvalue weighted by atomic mass is 16.5. The maximum atomic E-state index is 12.3. The summed E-state index contributed by atoms with van der Waals surface area (Å²) in [4.78, 5) is 28.2. The Balaban J connectivity index is 1.60. The van der Waals surface area contributed by atoms with E-state index >= 15 is 0 Å². The van der Waals surface area contributed by atoms with E-state index in [1.54, 1.807) is 36.5 Å². The Morgan fingerprint density at radius 3 is 2.66 bits per heavy atom. The molecule has 0 atom stereocenters. The van der Waals surface area contributed by atoms with Gasteiger partial charge in [0.2, 0.25) is 0 Å². The smallest absolute Gasteiger partial charge is 0.272 e. The third-order valence-electron chi connectivity index (χ3n) is 4.35. The van der Waals surface area contributed by atoms with Crippen LogP contribution in [0.15, 0.2) is 72.1 Å². The Hall–Kier alpha value is -4.20. The van der Waals surface area contributed by atoms with Crippen LogP contribution in [0, 0.1) is 6.92 Å². The normalized spacial score (nSPS) is 10.6. The van der Waals surface area contributed by atoms with E-state index in [1.807, 2.05) is 38.1 Å². The number of carbonyl (C=O) groups is 2. The number of ether oxygens (including phenoxy) is 2. The summed E-state index contributed by atoms with van der Waals surface area (Å²) in [5, 5.41) is 6.79. The fourth-order valence-electron chi connectivity index (χ4n) is 2.76. The first-order valence-electron chi connectivity index (χ1n) is 10.1. The molecule has 8 nitrogen and oxygen atoms in total. The van der Waals surface area contributed by atoms with Crippen molar-refractivity contribution >= 4 is 23.7 Å². The molecule has 0 aliphatic rings. The van der Waals surface area contributed by atoms with Crippen molar-refractivity contribution in [3.8, 4) is 11.5 Å². The molecule has 0 bridgehead atoms. The molecule has 32 heavy (non-hydrogen) atoms. The number of hydrogen-bond acceptors (Lipinski definition) is 6. The first-order valence-corrected chi connectivity index (χ1v) is 10.1. The molecule has 0 spiro atoms. The fourth-order valence-corrected chi connectivity index (χ4v) is 2.76. The highest BCUT2D eigenvalue weighted by molar-refractivity contribution is 5.94. The van der Waals surface area contributed by atoms with Gasteiger partial charge in [-0.15, -0.1) is 0 Å². The number of amides is 2. The average molecular weight is 432 g/mol. The lowest BCUT2D eigenvalue weighted by molar-refractivity contribution is -0.118. The summed E-state index contributed by atoms with van der Waals surface area (Å²) in [7, 11) is 0. The summed E-state index contributed by atoms with van der Waals surface area (Å²) in [5.41, 5.74) is 5.26. The molecule has 3 rings (SSSR count). The summed E-state index contributed by atoms with van der Waals surface area (Å²) in [5.74, 6) is 0.270. The topological polar surface area (TPSA) is 102 Å². The summed E-state index contributed by atoms with van der Waals surface area (Å²) in [6, 6.07) is 16.0. The number of benzene rings is 2. The Labute approximate surface area is 186 Å². The fraction of sp³-hybridized carbons (Fsp3) is 0.167. The molecule has 0 unspecified atom stereocenters. The van der Waals surface area contributed by atoms with Crippen molar-refractivity contribution in [1.29, 1.82) is 0 Å². The maximum absolute atomic E-state index is 12.3. The first kappa shape index (κ1) is 22.5. The van der Waals surface area contributed by atoms with Crippen molar-refractivity contribution in [3.63, 3.8) is 0 Å². The zero-order valence-electron chi connectivity index (χ0n) is 17.9. The van der Waals surface area contributed by atoms with E-state index in [0.29, 0.717) is 29.2 Å². The van der Waals surface area contributed by atoms with E-state index in [9.17, 15) is 9.59 Å². The van der Waals surface area contributed by atoms with Gasteiger partial charge in [-0.05, 0) is 61.4 Å². The van der Waals surface area contributed by atoms with Crippen LogP contribution in [0.1, 0.15) is 28.4 Å². The second kappa shape index (κ2) is 11.3. The number of anilines is 1. The van der Waals surface area contributed by atoms with Gasteiger partial charge < -0.3 is 14.8 Å². The minimum atomic E-state index is -0.362. The summed E-state index contributed by atoms with van der Waals surface area (Å²) in [6.07, 6.45) is 4.54. The number of nitrogens with one attached hydrogen (secondary N) is 2. The number of aromatic nitrogens is 1. The average Bonchev–Trinajstić information content (AvgIpc) is 2.81. The van der Waals surface area contributed by atoms with E-state index in [-0.39, 0.29) is 18.4 Å². The highest BCUT2D eigenvalue weighted by Gasteiger charge is 2.10. The molecule has 2 amide bonds. The van der Waals surface area contributed by atoms with Gasteiger partial charge in [-0.25, -0.2) is 5.43 Å². The predicted octanol–water partition coefficient (Wildman–Crippen LogP) is 3.57. The molecule has 0 saturated heterocycles. The number of para-hydroxylation sites is 1. The number of pyridine rings is 1. The van der Waals surface area contributed by atoms with Crippen LogP contribution in [0.25, 0.3) is 0 Å². The summed E-state index contributed by atoms with van der Waals surface area (Å²) in [6.45, 7) is 4.03. The number of carbonyl (C=O) groups excluding carboxylic acids is 2. The van der Waals surface area contributed by atoms with Crippen molar-refractivity contribution in [1.82, 2.24) is 10.4 Å². The van der Waals surface area contributed by atoms with Gasteiger partial charge in [0.25, 0.3) is 11.8 Å².